The van der Waals surface area contributed by atoms with Gasteiger partial charge in [-0.15, -0.1) is 0 Å². The quantitative estimate of drug-likeness (QED) is 0.424. The summed E-state index contributed by atoms with van der Waals surface area (Å²) in [5, 5.41) is 2.92. The van der Waals surface area contributed by atoms with Crippen LogP contribution in [0.15, 0.2) is 41.0 Å². The predicted molar refractivity (Wildman–Crippen MR) is 132 cm³/mol. The zero-order valence-electron chi connectivity index (χ0n) is 19.6. The van der Waals surface area contributed by atoms with Crippen LogP contribution < -0.4 is 21.7 Å². The van der Waals surface area contributed by atoms with E-state index in [0.717, 1.165) is 29.1 Å². The zero-order chi connectivity index (χ0) is 25.0. The number of benzene rings is 1. The van der Waals surface area contributed by atoms with Crippen LogP contribution in [0.3, 0.4) is 0 Å². The van der Waals surface area contributed by atoms with E-state index in [0.29, 0.717) is 18.2 Å². The minimum Gasteiger partial charge on any atom is -0.467 e. The average molecular weight is 484 g/mol. The lowest BCUT2D eigenvalue weighted by Crippen LogP contribution is -2.44. The maximum absolute atomic E-state index is 13.9. The number of nitrogen functional groups attached to an aromatic ring is 1. The lowest BCUT2D eigenvalue weighted by atomic mass is 10.0. The SMILES string of the molecule is Cc1ccc(C)c(N(C(=O)c2snc(C(N)=O)c2N)[C@H](C(=O)NCCC(C)C)c2ccco2)c1. The molecule has 0 saturated heterocycles. The fourth-order valence-corrected chi connectivity index (χ4v) is 4.23. The minimum atomic E-state index is -1.12. The van der Waals surface area contributed by atoms with Gasteiger partial charge in [-0.3, -0.25) is 19.3 Å². The van der Waals surface area contributed by atoms with Crippen LogP contribution >= 0.6 is 11.5 Å². The van der Waals surface area contributed by atoms with Gasteiger partial charge in [0.25, 0.3) is 17.7 Å². The molecule has 2 heterocycles. The Morgan fingerprint density at radius 3 is 2.53 bits per heavy atom. The van der Waals surface area contributed by atoms with Gasteiger partial charge < -0.3 is 21.2 Å². The van der Waals surface area contributed by atoms with Gasteiger partial charge in [0, 0.05) is 12.2 Å². The Labute approximate surface area is 202 Å². The summed E-state index contributed by atoms with van der Waals surface area (Å²) in [6.07, 6.45) is 2.22. The molecule has 0 unspecified atom stereocenters. The van der Waals surface area contributed by atoms with Gasteiger partial charge in [-0.25, -0.2) is 0 Å². The molecule has 1 aromatic carbocycles. The van der Waals surface area contributed by atoms with E-state index in [1.54, 1.807) is 12.1 Å². The van der Waals surface area contributed by atoms with Gasteiger partial charge in [-0.2, -0.15) is 4.37 Å². The first kappa shape index (κ1) is 25.0. The lowest BCUT2D eigenvalue weighted by molar-refractivity contribution is -0.122. The standard InChI is InChI=1S/C24H29N5O4S/c1-13(2)9-10-27-23(31)20(17-6-5-11-33-17)29(16-12-14(3)7-8-15(16)4)24(32)21-18(25)19(22(26)30)28-34-21/h5-8,11-13,20H,9-10,25H2,1-4H3,(H2,26,30)(H,27,31)/t20-/m0/s1. The summed E-state index contributed by atoms with van der Waals surface area (Å²) >= 11 is 0.764. The third-order valence-corrected chi connectivity index (χ3v) is 6.19. The molecule has 1 atom stereocenters. The van der Waals surface area contributed by atoms with Gasteiger partial charge in [0.05, 0.1) is 12.0 Å². The Hall–Kier alpha value is -3.66. The maximum atomic E-state index is 13.9. The summed E-state index contributed by atoms with van der Waals surface area (Å²) in [6.45, 7) is 8.30. The number of hydrogen-bond donors (Lipinski definition) is 3. The number of carbonyl (C=O) groups excluding carboxylic acids is 3. The van der Waals surface area contributed by atoms with Crippen LogP contribution in [-0.4, -0.2) is 28.6 Å². The number of furan rings is 1. The van der Waals surface area contributed by atoms with Crippen molar-refractivity contribution in [1.82, 2.24) is 9.69 Å². The van der Waals surface area contributed by atoms with Crippen molar-refractivity contribution in [1.29, 1.82) is 0 Å². The van der Waals surface area contributed by atoms with E-state index in [4.69, 9.17) is 15.9 Å². The van der Waals surface area contributed by atoms with Crippen LogP contribution in [0.5, 0.6) is 0 Å². The van der Waals surface area contributed by atoms with E-state index >= 15 is 0 Å². The first-order valence-corrected chi connectivity index (χ1v) is 11.7. The summed E-state index contributed by atoms with van der Waals surface area (Å²) in [5.41, 5.74) is 13.3. The number of nitrogens with one attached hydrogen (secondary N) is 1. The van der Waals surface area contributed by atoms with Crippen LogP contribution in [0, 0.1) is 19.8 Å². The highest BCUT2D eigenvalue weighted by molar-refractivity contribution is 7.09. The normalized spacial score (nSPS) is 11.9. The zero-order valence-corrected chi connectivity index (χ0v) is 20.4. The Kier molecular flexibility index (Phi) is 7.72. The second-order valence-corrected chi connectivity index (χ2v) is 9.27. The molecule has 0 radical (unpaired) electrons. The lowest BCUT2D eigenvalue weighted by Gasteiger charge is -2.31. The van der Waals surface area contributed by atoms with Crippen molar-refractivity contribution in [2.24, 2.45) is 11.7 Å². The number of primary amides is 1. The van der Waals surface area contributed by atoms with E-state index in [1.807, 2.05) is 32.0 Å². The highest BCUT2D eigenvalue weighted by Gasteiger charge is 2.38. The van der Waals surface area contributed by atoms with E-state index in [2.05, 4.69) is 23.5 Å². The van der Waals surface area contributed by atoms with Crippen molar-refractivity contribution in [3.63, 3.8) is 0 Å². The molecule has 0 spiro atoms. The van der Waals surface area contributed by atoms with Crippen LogP contribution in [0.4, 0.5) is 11.4 Å². The van der Waals surface area contributed by atoms with Gasteiger partial charge >= 0.3 is 0 Å². The largest absolute Gasteiger partial charge is 0.467 e. The Morgan fingerprint density at radius 1 is 1.21 bits per heavy atom. The molecule has 0 saturated carbocycles. The maximum Gasteiger partial charge on any atom is 0.273 e. The van der Waals surface area contributed by atoms with E-state index in [-0.39, 0.29) is 22.0 Å². The molecule has 180 valence electrons. The molecular weight excluding hydrogens is 454 g/mol. The van der Waals surface area contributed by atoms with Crippen LogP contribution in [0.2, 0.25) is 0 Å². The topological polar surface area (TPSA) is 145 Å². The highest BCUT2D eigenvalue weighted by atomic mass is 32.1. The van der Waals surface area contributed by atoms with E-state index < -0.39 is 23.8 Å². The number of aromatic nitrogens is 1. The van der Waals surface area contributed by atoms with Crippen molar-refractivity contribution < 1.29 is 18.8 Å². The number of rotatable bonds is 9. The molecule has 0 fully saturated rings. The molecule has 0 aliphatic rings. The van der Waals surface area contributed by atoms with Gasteiger partial charge in [-0.1, -0.05) is 26.0 Å². The third kappa shape index (κ3) is 5.28. The van der Waals surface area contributed by atoms with Crippen molar-refractivity contribution in [2.45, 2.75) is 40.2 Å². The van der Waals surface area contributed by atoms with Crippen LogP contribution in [-0.2, 0) is 4.79 Å². The summed E-state index contributed by atoms with van der Waals surface area (Å²) in [6, 6.07) is 7.78. The van der Waals surface area contributed by atoms with E-state index in [1.165, 1.54) is 11.2 Å². The van der Waals surface area contributed by atoms with Crippen LogP contribution in [0.25, 0.3) is 0 Å². The average Bonchev–Trinajstić information content (AvgIpc) is 3.43. The fourth-order valence-electron chi connectivity index (χ4n) is 3.48. The molecule has 3 rings (SSSR count). The monoisotopic (exact) mass is 483 g/mol. The first-order valence-electron chi connectivity index (χ1n) is 10.9. The van der Waals surface area contributed by atoms with Crippen molar-refractivity contribution in [2.75, 3.05) is 17.2 Å². The smallest absolute Gasteiger partial charge is 0.273 e. The predicted octanol–water partition coefficient (Wildman–Crippen LogP) is 3.58. The number of amides is 3. The second-order valence-electron chi connectivity index (χ2n) is 8.49. The van der Waals surface area contributed by atoms with Crippen molar-refractivity contribution in [3.05, 3.63) is 64.1 Å². The molecule has 0 aliphatic carbocycles. The molecule has 0 aliphatic heterocycles. The number of nitrogens with zero attached hydrogens (tertiary/aromatic N) is 2. The van der Waals surface area contributed by atoms with E-state index in [9.17, 15) is 14.4 Å². The molecule has 34 heavy (non-hydrogen) atoms. The minimum absolute atomic E-state index is 0.0150. The number of hydrogen-bond acceptors (Lipinski definition) is 7. The summed E-state index contributed by atoms with van der Waals surface area (Å²) in [7, 11) is 0. The first-order chi connectivity index (χ1) is 16.1. The van der Waals surface area contributed by atoms with Gasteiger partial charge in [-0.05, 0) is 67.0 Å². The molecule has 5 N–H and O–H groups in total. The van der Waals surface area contributed by atoms with Gasteiger partial charge in [0.1, 0.15) is 10.6 Å². The molecular formula is C24H29N5O4S. The Balaban J connectivity index is 2.16. The number of aryl methyl sites for hydroxylation is 2. The van der Waals surface area contributed by atoms with Crippen LogP contribution in [0.1, 0.15) is 63.4 Å². The number of anilines is 2. The summed E-state index contributed by atoms with van der Waals surface area (Å²) < 4.78 is 9.56. The molecule has 10 heteroatoms. The van der Waals surface area contributed by atoms with Crippen molar-refractivity contribution >= 4 is 40.6 Å². The number of nitrogens with two attached hydrogens (primary N) is 2. The highest BCUT2D eigenvalue weighted by Crippen LogP contribution is 2.35. The molecule has 3 amide bonds. The molecule has 2 aromatic heterocycles. The third-order valence-electron chi connectivity index (χ3n) is 5.34. The van der Waals surface area contributed by atoms with Gasteiger partial charge in [0.2, 0.25) is 0 Å². The summed E-state index contributed by atoms with van der Waals surface area (Å²) in [4.78, 5) is 40.5. The summed E-state index contributed by atoms with van der Waals surface area (Å²) in [5.74, 6) is -1.14. The van der Waals surface area contributed by atoms with Crippen molar-refractivity contribution in [3.8, 4) is 0 Å². The molecule has 3 aromatic rings. The number of carbonyl (C=O) groups is 3. The van der Waals surface area contributed by atoms with Gasteiger partial charge in [0.15, 0.2) is 11.7 Å². The Bertz CT molecular complexity index is 1190. The fraction of sp³-hybridized carbons (Fsp3) is 0.333. The second kappa shape index (κ2) is 10.5. The molecule has 9 nitrogen and oxygen atoms in total. The molecule has 0 bridgehead atoms. The Morgan fingerprint density at radius 2 is 1.94 bits per heavy atom.